The Kier molecular flexibility index (Phi) is 6.41. The summed E-state index contributed by atoms with van der Waals surface area (Å²) >= 11 is 5.77. The van der Waals surface area contributed by atoms with Gasteiger partial charge in [0.15, 0.2) is 0 Å². The summed E-state index contributed by atoms with van der Waals surface area (Å²) in [5.74, 6) is 0.289. The van der Waals surface area contributed by atoms with E-state index in [9.17, 15) is 13.2 Å². The number of ether oxygens (including phenoxy) is 1. The maximum absolute atomic E-state index is 12.4. The molecule has 0 saturated heterocycles. The lowest BCUT2D eigenvalue weighted by molar-refractivity contribution is -0.121. The van der Waals surface area contributed by atoms with Crippen LogP contribution in [-0.4, -0.2) is 39.3 Å². The molecule has 2 rings (SSSR count). The van der Waals surface area contributed by atoms with Crippen molar-refractivity contribution in [3.05, 3.63) is 59.1 Å². The summed E-state index contributed by atoms with van der Waals surface area (Å²) in [7, 11) is -0.831. The average Bonchev–Trinajstić information content (AvgIpc) is 2.60. The third kappa shape index (κ3) is 5.19. The fourth-order valence-electron chi connectivity index (χ4n) is 2.11. The van der Waals surface area contributed by atoms with Crippen molar-refractivity contribution in [2.45, 2.75) is 11.4 Å². The van der Waals surface area contributed by atoms with E-state index in [1.54, 1.807) is 19.2 Å². The Bertz CT molecular complexity index is 838. The van der Waals surface area contributed by atoms with Crippen LogP contribution in [0.1, 0.15) is 5.56 Å². The van der Waals surface area contributed by atoms with Crippen LogP contribution in [0.3, 0.4) is 0 Å². The molecule has 0 aliphatic rings. The number of methoxy groups -OCH3 is 1. The van der Waals surface area contributed by atoms with Crippen molar-refractivity contribution in [2.24, 2.45) is 0 Å². The first-order chi connectivity index (χ1) is 11.8. The SMILES string of the molecule is COc1cccc(CNC(=O)CN(C)S(=O)(=O)c2ccc(Cl)cc2)c1. The highest BCUT2D eigenvalue weighted by Crippen LogP contribution is 2.17. The van der Waals surface area contributed by atoms with Crippen molar-refractivity contribution >= 4 is 27.5 Å². The van der Waals surface area contributed by atoms with Gasteiger partial charge in [0.05, 0.1) is 18.6 Å². The van der Waals surface area contributed by atoms with Crippen LogP contribution in [0.25, 0.3) is 0 Å². The maximum Gasteiger partial charge on any atom is 0.243 e. The fourth-order valence-corrected chi connectivity index (χ4v) is 3.37. The summed E-state index contributed by atoms with van der Waals surface area (Å²) < 4.78 is 31.0. The number of carbonyl (C=O) groups excluding carboxylic acids is 1. The van der Waals surface area contributed by atoms with E-state index in [1.165, 1.54) is 31.3 Å². The zero-order valence-corrected chi connectivity index (χ0v) is 15.5. The number of sulfonamides is 1. The van der Waals surface area contributed by atoms with E-state index >= 15 is 0 Å². The largest absolute Gasteiger partial charge is 0.497 e. The van der Waals surface area contributed by atoms with Crippen LogP contribution in [0.4, 0.5) is 0 Å². The molecule has 0 radical (unpaired) electrons. The molecule has 6 nitrogen and oxygen atoms in total. The zero-order valence-electron chi connectivity index (χ0n) is 13.9. The normalized spacial score (nSPS) is 11.4. The number of halogens is 1. The molecule has 0 saturated carbocycles. The number of likely N-dealkylation sites (N-methyl/N-ethyl adjacent to an activating group) is 1. The molecule has 2 aromatic carbocycles. The highest BCUT2D eigenvalue weighted by atomic mass is 35.5. The number of hydrogen-bond acceptors (Lipinski definition) is 4. The molecule has 8 heteroatoms. The van der Waals surface area contributed by atoms with E-state index in [2.05, 4.69) is 5.32 Å². The zero-order chi connectivity index (χ0) is 18.4. The Balaban J connectivity index is 1.96. The molecular formula is C17H19ClN2O4S. The third-order valence-corrected chi connectivity index (χ3v) is 5.58. The van der Waals surface area contributed by atoms with E-state index in [0.717, 1.165) is 9.87 Å². The van der Waals surface area contributed by atoms with Crippen LogP contribution >= 0.6 is 11.6 Å². The minimum Gasteiger partial charge on any atom is -0.497 e. The number of rotatable bonds is 7. The van der Waals surface area contributed by atoms with Gasteiger partial charge in [0, 0.05) is 18.6 Å². The van der Waals surface area contributed by atoms with Gasteiger partial charge in [-0.2, -0.15) is 4.31 Å². The minimum absolute atomic E-state index is 0.0833. The lowest BCUT2D eigenvalue weighted by Crippen LogP contribution is -2.38. The summed E-state index contributed by atoms with van der Waals surface area (Å²) in [5, 5.41) is 3.13. The van der Waals surface area contributed by atoms with E-state index in [0.29, 0.717) is 10.8 Å². The molecule has 0 atom stereocenters. The second-order valence-electron chi connectivity index (χ2n) is 5.34. The molecule has 0 heterocycles. The highest BCUT2D eigenvalue weighted by molar-refractivity contribution is 7.89. The summed E-state index contributed by atoms with van der Waals surface area (Å²) in [6.45, 7) is -0.000204. The molecule has 0 unspecified atom stereocenters. The molecule has 134 valence electrons. The Labute approximate surface area is 152 Å². The predicted molar refractivity (Wildman–Crippen MR) is 96.1 cm³/mol. The van der Waals surface area contributed by atoms with Gasteiger partial charge in [0.1, 0.15) is 5.75 Å². The molecule has 2 aromatic rings. The van der Waals surface area contributed by atoms with Crippen molar-refractivity contribution in [3.8, 4) is 5.75 Å². The molecule has 25 heavy (non-hydrogen) atoms. The van der Waals surface area contributed by atoms with Crippen molar-refractivity contribution in [1.82, 2.24) is 9.62 Å². The molecule has 0 aliphatic heterocycles. The first kappa shape index (κ1) is 19.2. The van der Waals surface area contributed by atoms with Gasteiger partial charge < -0.3 is 10.1 Å². The molecule has 0 aliphatic carbocycles. The summed E-state index contributed by atoms with van der Waals surface area (Å²) in [6.07, 6.45) is 0. The lowest BCUT2D eigenvalue weighted by Gasteiger charge is -2.17. The number of carbonyl (C=O) groups is 1. The summed E-state index contributed by atoms with van der Waals surface area (Å²) in [6, 6.07) is 13.1. The van der Waals surface area contributed by atoms with Gasteiger partial charge in [-0.25, -0.2) is 8.42 Å². The Morgan fingerprint density at radius 3 is 2.52 bits per heavy atom. The van der Waals surface area contributed by atoms with Gasteiger partial charge in [-0.05, 0) is 42.0 Å². The lowest BCUT2D eigenvalue weighted by atomic mass is 10.2. The first-order valence-corrected chi connectivity index (χ1v) is 9.26. The van der Waals surface area contributed by atoms with E-state index in [-0.39, 0.29) is 18.0 Å². The summed E-state index contributed by atoms with van der Waals surface area (Å²) in [5.41, 5.74) is 0.857. The Morgan fingerprint density at radius 2 is 1.88 bits per heavy atom. The first-order valence-electron chi connectivity index (χ1n) is 7.44. The monoisotopic (exact) mass is 382 g/mol. The van der Waals surface area contributed by atoms with Gasteiger partial charge in [-0.3, -0.25) is 4.79 Å². The number of amides is 1. The molecule has 0 spiro atoms. The highest BCUT2D eigenvalue weighted by Gasteiger charge is 2.22. The number of nitrogens with one attached hydrogen (secondary N) is 1. The third-order valence-electron chi connectivity index (χ3n) is 3.51. The van der Waals surface area contributed by atoms with Gasteiger partial charge in [0.2, 0.25) is 15.9 Å². The molecule has 0 bridgehead atoms. The van der Waals surface area contributed by atoms with Crippen LogP contribution in [0.15, 0.2) is 53.4 Å². The smallest absolute Gasteiger partial charge is 0.243 e. The van der Waals surface area contributed by atoms with Gasteiger partial charge >= 0.3 is 0 Å². The molecular weight excluding hydrogens is 364 g/mol. The summed E-state index contributed by atoms with van der Waals surface area (Å²) in [4.78, 5) is 12.1. The fraction of sp³-hybridized carbons (Fsp3) is 0.235. The van der Waals surface area contributed by atoms with E-state index < -0.39 is 15.9 Å². The number of benzene rings is 2. The number of nitrogens with zero attached hydrogens (tertiary/aromatic N) is 1. The van der Waals surface area contributed by atoms with E-state index in [4.69, 9.17) is 16.3 Å². The van der Waals surface area contributed by atoms with Crippen molar-refractivity contribution in [2.75, 3.05) is 20.7 Å². The second-order valence-corrected chi connectivity index (χ2v) is 7.82. The quantitative estimate of drug-likeness (QED) is 0.797. The van der Waals surface area contributed by atoms with Crippen LogP contribution in [0, 0.1) is 0 Å². The standard InChI is InChI=1S/C17H19ClN2O4S/c1-20(25(22,23)16-8-6-14(18)7-9-16)12-17(21)19-11-13-4-3-5-15(10-13)24-2/h3-10H,11-12H2,1-2H3,(H,19,21). The number of hydrogen-bond donors (Lipinski definition) is 1. The predicted octanol–water partition coefficient (Wildman–Crippen LogP) is 2.29. The Morgan fingerprint density at radius 1 is 1.20 bits per heavy atom. The van der Waals surface area contributed by atoms with Crippen LogP contribution in [0.2, 0.25) is 5.02 Å². The average molecular weight is 383 g/mol. The van der Waals surface area contributed by atoms with E-state index in [1.807, 2.05) is 12.1 Å². The maximum atomic E-state index is 12.4. The van der Waals surface area contributed by atoms with Gasteiger partial charge in [-0.15, -0.1) is 0 Å². The molecule has 1 N–H and O–H groups in total. The molecule has 0 fully saturated rings. The van der Waals surface area contributed by atoms with Crippen molar-refractivity contribution in [1.29, 1.82) is 0 Å². The van der Waals surface area contributed by atoms with Gasteiger partial charge in [-0.1, -0.05) is 23.7 Å². The van der Waals surface area contributed by atoms with Crippen LogP contribution in [-0.2, 0) is 21.4 Å². The topological polar surface area (TPSA) is 75.7 Å². The van der Waals surface area contributed by atoms with Gasteiger partial charge in [0.25, 0.3) is 0 Å². The minimum atomic E-state index is -3.75. The molecule has 0 aromatic heterocycles. The van der Waals surface area contributed by atoms with Crippen LogP contribution in [0.5, 0.6) is 5.75 Å². The second kappa shape index (κ2) is 8.33. The van der Waals surface area contributed by atoms with Crippen molar-refractivity contribution in [3.63, 3.8) is 0 Å². The van der Waals surface area contributed by atoms with Crippen LogP contribution < -0.4 is 10.1 Å². The molecule has 1 amide bonds. The van der Waals surface area contributed by atoms with Crippen molar-refractivity contribution < 1.29 is 17.9 Å². The Hall–Kier alpha value is -2.09.